The van der Waals surface area contributed by atoms with Crippen molar-refractivity contribution >= 4 is 17.5 Å². The monoisotopic (exact) mass is 351 g/mol. The van der Waals surface area contributed by atoms with E-state index in [9.17, 15) is 9.59 Å². The molecule has 1 aliphatic heterocycles. The van der Waals surface area contributed by atoms with E-state index in [1.54, 1.807) is 24.3 Å². The molecule has 2 amide bonds. The Labute approximate surface area is 154 Å². The topological polar surface area (TPSA) is 52.7 Å². The third-order valence-corrected chi connectivity index (χ3v) is 4.95. The van der Waals surface area contributed by atoms with Crippen LogP contribution in [0.2, 0.25) is 0 Å². The second-order valence-electron chi connectivity index (χ2n) is 6.93. The van der Waals surface area contributed by atoms with Crippen molar-refractivity contribution in [3.8, 4) is 0 Å². The Morgan fingerprint density at radius 3 is 2.08 bits per heavy atom. The molecule has 0 saturated carbocycles. The molecule has 1 fully saturated rings. The summed E-state index contributed by atoms with van der Waals surface area (Å²) in [6, 6.07) is 12.7. The molecular formula is C21H25N3O2. The molecule has 0 aliphatic carbocycles. The highest BCUT2D eigenvalue weighted by molar-refractivity contribution is 6.05. The number of carbonyl (C=O) groups is 2. The summed E-state index contributed by atoms with van der Waals surface area (Å²) in [7, 11) is 2.06. The van der Waals surface area contributed by atoms with Crippen LogP contribution in [0.15, 0.2) is 42.5 Å². The first-order valence-corrected chi connectivity index (χ1v) is 8.90. The van der Waals surface area contributed by atoms with Gasteiger partial charge in [-0.2, -0.15) is 0 Å². The number of hydrogen-bond acceptors (Lipinski definition) is 3. The molecule has 1 saturated heterocycles. The van der Waals surface area contributed by atoms with Gasteiger partial charge in [0.25, 0.3) is 11.8 Å². The number of likely N-dealkylation sites (N-methyl/N-ethyl adjacent to an activating group) is 1. The van der Waals surface area contributed by atoms with Crippen LogP contribution in [0.5, 0.6) is 0 Å². The molecule has 1 N–H and O–H groups in total. The van der Waals surface area contributed by atoms with Gasteiger partial charge in [0.15, 0.2) is 0 Å². The summed E-state index contributed by atoms with van der Waals surface area (Å²) in [5, 5.41) is 2.90. The fourth-order valence-corrected chi connectivity index (χ4v) is 2.98. The number of aryl methyl sites for hydroxylation is 2. The minimum atomic E-state index is -0.174. The van der Waals surface area contributed by atoms with Crippen molar-refractivity contribution in [3.63, 3.8) is 0 Å². The van der Waals surface area contributed by atoms with Crippen molar-refractivity contribution in [2.24, 2.45) is 0 Å². The van der Waals surface area contributed by atoms with Crippen molar-refractivity contribution in [2.45, 2.75) is 13.8 Å². The average molecular weight is 351 g/mol. The van der Waals surface area contributed by atoms with Crippen LogP contribution in [0.25, 0.3) is 0 Å². The molecule has 136 valence electrons. The summed E-state index contributed by atoms with van der Waals surface area (Å²) < 4.78 is 0. The predicted molar refractivity (Wildman–Crippen MR) is 104 cm³/mol. The van der Waals surface area contributed by atoms with E-state index in [2.05, 4.69) is 17.3 Å². The molecule has 1 heterocycles. The standard InChI is InChI=1S/C21H25N3O2/c1-15-4-9-19(14-16(15)2)22-20(25)17-5-7-18(8-6-17)21(26)24-12-10-23(3)11-13-24/h4-9,14H,10-13H2,1-3H3,(H,22,25). The fraction of sp³-hybridized carbons (Fsp3) is 0.333. The molecular weight excluding hydrogens is 326 g/mol. The van der Waals surface area contributed by atoms with Gasteiger partial charge in [-0.15, -0.1) is 0 Å². The molecule has 0 bridgehead atoms. The summed E-state index contributed by atoms with van der Waals surface area (Å²) >= 11 is 0. The zero-order valence-corrected chi connectivity index (χ0v) is 15.6. The maximum atomic E-state index is 12.6. The lowest BCUT2D eigenvalue weighted by Gasteiger charge is -2.32. The Balaban J connectivity index is 1.65. The summed E-state index contributed by atoms with van der Waals surface area (Å²) in [5.74, 6) is -0.147. The zero-order valence-electron chi connectivity index (χ0n) is 15.6. The first kappa shape index (κ1) is 18.1. The fourth-order valence-electron chi connectivity index (χ4n) is 2.98. The molecule has 5 heteroatoms. The van der Waals surface area contributed by atoms with Gasteiger partial charge in [-0.05, 0) is 68.4 Å². The van der Waals surface area contributed by atoms with E-state index >= 15 is 0 Å². The van der Waals surface area contributed by atoms with Gasteiger partial charge < -0.3 is 15.1 Å². The summed E-state index contributed by atoms with van der Waals surface area (Å²) in [6.45, 7) is 7.32. The molecule has 5 nitrogen and oxygen atoms in total. The van der Waals surface area contributed by atoms with Gasteiger partial charge in [-0.1, -0.05) is 6.07 Å². The number of amides is 2. The van der Waals surface area contributed by atoms with E-state index in [0.29, 0.717) is 11.1 Å². The predicted octanol–water partition coefficient (Wildman–Crippen LogP) is 2.94. The average Bonchev–Trinajstić information content (AvgIpc) is 2.65. The molecule has 0 spiro atoms. The van der Waals surface area contributed by atoms with Gasteiger partial charge in [-0.25, -0.2) is 0 Å². The van der Waals surface area contributed by atoms with Crippen LogP contribution in [0.4, 0.5) is 5.69 Å². The lowest BCUT2D eigenvalue weighted by molar-refractivity contribution is 0.0664. The van der Waals surface area contributed by atoms with Gasteiger partial charge >= 0.3 is 0 Å². The number of rotatable bonds is 3. The van der Waals surface area contributed by atoms with Crippen LogP contribution >= 0.6 is 0 Å². The minimum Gasteiger partial charge on any atom is -0.336 e. The Bertz CT molecular complexity index is 807. The molecule has 1 aliphatic rings. The van der Waals surface area contributed by atoms with Crippen LogP contribution in [-0.2, 0) is 0 Å². The second kappa shape index (κ2) is 7.70. The molecule has 2 aromatic rings. The SMILES string of the molecule is Cc1ccc(NC(=O)c2ccc(C(=O)N3CCN(C)CC3)cc2)cc1C. The number of nitrogens with zero attached hydrogens (tertiary/aromatic N) is 2. The quantitative estimate of drug-likeness (QED) is 0.925. The van der Waals surface area contributed by atoms with Crippen molar-refractivity contribution in [3.05, 3.63) is 64.7 Å². The third-order valence-electron chi connectivity index (χ3n) is 4.95. The molecule has 0 aromatic heterocycles. The van der Waals surface area contributed by atoms with E-state index in [4.69, 9.17) is 0 Å². The van der Waals surface area contributed by atoms with Gasteiger partial charge in [0.2, 0.25) is 0 Å². The Kier molecular flexibility index (Phi) is 5.38. The van der Waals surface area contributed by atoms with E-state index in [1.807, 2.05) is 36.9 Å². The van der Waals surface area contributed by atoms with Gasteiger partial charge in [-0.3, -0.25) is 9.59 Å². The first-order valence-electron chi connectivity index (χ1n) is 8.90. The zero-order chi connectivity index (χ0) is 18.7. The van der Waals surface area contributed by atoms with Crippen LogP contribution < -0.4 is 5.32 Å². The van der Waals surface area contributed by atoms with E-state index < -0.39 is 0 Å². The van der Waals surface area contributed by atoms with Crippen molar-refractivity contribution in [2.75, 3.05) is 38.5 Å². The minimum absolute atomic E-state index is 0.0271. The van der Waals surface area contributed by atoms with E-state index in [1.165, 1.54) is 5.56 Å². The highest BCUT2D eigenvalue weighted by Gasteiger charge is 2.20. The van der Waals surface area contributed by atoms with Crippen molar-refractivity contribution in [1.29, 1.82) is 0 Å². The van der Waals surface area contributed by atoms with Gasteiger partial charge in [0.1, 0.15) is 0 Å². The molecule has 0 radical (unpaired) electrons. The smallest absolute Gasteiger partial charge is 0.255 e. The largest absolute Gasteiger partial charge is 0.336 e. The number of piperazine rings is 1. The van der Waals surface area contributed by atoms with Crippen LogP contribution in [0.1, 0.15) is 31.8 Å². The van der Waals surface area contributed by atoms with E-state index in [0.717, 1.165) is 37.4 Å². The highest BCUT2D eigenvalue weighted by Crippen LogP contribution is 2.16. The Morgan fingerprint density at radius 1 is 0.846 bits per heavy atom. The first-order chi connectivity index (χ1) is 12.4. The summed E-state index contributed by atoms with van der Waals surface area (Å²) in [4.78, 5) is 29.0. The van der Waals surface area contributed by atoms with E-state index in [-0.39, 0.29) is 11.8 Å². The molecule has 0 atom stereocenters. The Hall–Kier alpha value is -2.66. The Morgan fingerprint density at radius 2 is 1.46 bits per heavy atom. The molecule has 3 rings (SSSR count). The number of nitrogens with one attached hydrogen (secondary N) is 1. The van der Waals surface area contributed by atoms with Crippen LogP contribution in [0, 0.1) is 13.8 Å². The lowest BCUT2D eigenvalue weighted by Crippen LogP contribution is -2.47. The maximum Gasteiger partial charge on any atom is 0.255 e. The second-order valence-corrected chi connectivity index (χ2v) is 6.93. The maximum absolute atomic E-state index is 12.6. The lowest BCUT2D eigenvalue weighted by atomic mass is 10.1. The highest BCUT2D eigenvalue weighted by atomic mass is 16.2. The number of hydrogen-bond donors (Lipinski definition) is 1. The number of benzene rings is 2. The number of carbonyl (C=O) groups excluding carboxylic acids is 2. The summed E-state index contributed by atoms with van der Waals surface area (Å²) in [6.07, 6.45) is 0. The van der Waals surface area contributed by atoms with Gasteiger partial charge in [0, 0.05) is 43.0 Å². The van der Waals surface area contributed by atoms with Crippen LogP contribution in [0.3, 0.4) is 0 Å². The van der Waals surface area contributed by atoms with Gasteiger partial charge in [0.05, 0.1) is 0 Å². The van der Waals surface area contributed by atoms with Crippen molar-refractivity contribution in [1.82, 2.24) is 9.80 Å². The molecule has 26 heavy (non-hydrogen) atoms. The normalized spacial score (nSPS) is 15.0. The molecule has 2 aromatic carbocycles. The summed E-state index contributed by atoms with van der Waals surface area (Å²) in [5.41, 5.74) is 4.26. The van der Waals surface area contributed by atoms with Crippen LogP contribution in [-0.4, -0.2) is 54.8 Å². The number of anilines is 1. The third kappa shape index (κ3) is 4.11. The van der Waals surface area contributed by atoms with Crippen molar-refractivity contribution < 1.29 is 9.59 Å². The molecule has 0 unspecified atom stereocenters.